The number of aromatic amines is 1. The second-order valence-electron chi connectivity index (χ2n) is 18.7. The van der Waals surface area contributed by atoms with Crippen molar-refractivity contribution in [2.45, 2.75) is 82.8 Å². The second kappa shape index (κ2) is 21.5. The standard InChI is InChI=1S/C47H67N5O14/c1-28-26-29(2)47-32(27-35(59-7)42(54)63-37(28)31(4)62-45(57)43(55)61-25-23-52-21-17-50(6)18-22-52)11-12-33-36(47)38(30(3)39(40(33)66-47)65-41(53)34-10-8-13-48-34)64-46(58)44(56)60-24-9-14-51-19-15-49(5)16-20-51/h8,10-13,26,28,30-33,35-40,48H,9,14-25,27H2,1-7H3/b29-26+/t28-,30-,31-,32-,33?,35+,36?,37+,38-,39-,40-,47+/m1/s1. The van der Waals surface area contributed by atoms with Gasteiger partial charge in [0, 0.05) is 108 Å². The Hall–Kier alpha value is -4.66. The number of carbonyl (C=O) groups is 6. The van der Waals surface area contributed by atoms with Crippen LogP contribution in [0.4, 0.5) is 0 Å². The molecule has 3 saturated heterocycles. The summed E-state index contributed by atoms with van der Waals surface area (Å²) >= 11 is 0. The lowest BCUT2D eigenvalue weighted by molar-refractivity contribution is -0.184. The fourth-order valence-corrected chi connectivity index (χ4v) is 10.7. The van der Waals surface area contributed by atoms with E-state index in [9.17, 15) is 28.8 Å². The molecule has 6 aliphatic rings. The van der Waals surface area contributed by atoms with Gasteiger partial charge in [-0.15, -0.1) is 0 Å². The van der Waals surface area contributed by atoms with Gasteiger partial charge in [0.15, 0.2) is 6.10 Å². The maximum atomic E-state index is 14.0. The number of nitrogens with one attached hydrogen (secondary N) is 1. The molecular formula is C47H67N5O14. The van der Waals surface area contributed by atoms with Crippen LogP contribution >= 0.6 is 0 Å². The normalized spacial score (nSPS) is 34.2. The van der Waals surface area contributed by atoms with Crippen LogP contribution in [0.3, 0.4) is 0 Å². The predicted octanol–water partition coefficient (Wildman–Crippen LogP) is 1.47. The molecule has 1 spiro atoms. The van der Waals surface area contributed by atoms with Crippen LogP contribution in [0.15, 0.2) is 42.1 Å². The van der Waals surface area contributed by atoms with Gasteiger partial charge >= 0.3 is 35.8 Å². The van der Waals surface area contributed by atoms with E-state index in [4.69, 9.17) is 37.9 Å². The van der Waals surface area contributed by atoms with Gasteiger partial charge in [0.1, 0.15) is 48.4 Å². The summed E-state index contributed by atoms with van der Waals surface area (Å²) in [5, 5.41) is 0. The fraction of sp³-hybridized carbons (Fsp3) is 0.702. The van der Waals surface area contributed by atoms with Crippen molar-refractivity contribution in [3.05, 3.63) is 47.8 Å². The van der Waals surface area contributed by atoms with Gasteiger partial charge in [-0.3, -0.25) is 4.90 Å². The van der Waals surface area contributed by atoms with E-state index >= 15 is 0 Å². The van der Waals surface area contributed by atoms with Crippen molar-refractivity contribution in [2.75, 3.05) is 99.9 Å². The van der Waals surface area contributed by atoms with Gasteiger partial charge in [-0.05, 0) is 58.5 Å². The van der Waals surface area contributed by atoms with Gasteiger partial charge in [-0.25, -0.2) is 28.8 Å². The van der Waals surface area contributed by atoms with Crippen LogP contribution in [0.2, 0.25) is 0 Å². The summed E-state index contributed by atoms with van der Waals surface area (Å²) in [6.07, 6.45) is 1.91. The molecule has 4 bridgehead atoms. The number of carbonyl (C=O) groups excluding carboxylic acids is 6. The maximum Gasteiger partial charge on any atom is 0.417 e. The SMILES string of the molecule is CO[C@H]1C[C@H]2C=CC3C4[C@H](OC(=O)C(=O)OCCCN5CCN(C)CC5)[C@@H](C)[C@@H](OC(=O)c5ccc[nH]5)[C@@H]3O[C@]42/C(C)=C/[C@@H](C)[C@@H]([C@@H](C)OC(=O)C(=O)OCCN2CCN(C)CC2)OC1=O. The van der Waals surface area contributed by atoms with E-state index in [1.54, 1.807) is 32.2 Å². The Bertz CT molecular complexity index is 1960. The Morgan fingerprint density at radius 1 is 0.848 bits per heavy atom. The molecule has 4 fully saturated rings. The summed E-state index contributed by atoms with van der Waals surface area (Å²) in [6.45, 7) is 15.4. The Labute approximate surface area is 386 Å². The Morgan fingerprint density at radius 3 is 2.15 bits per heavy atom. The summed E-state index contributed by atoms with van der Waals surface area (Å²) in [5.74, 6) is -9.03. The molecule has 4 aliphatic heterocycles. The van der Waals surface area contributed by atoms with E-state index in [-0.39, 0.29) is 25.3 Å². The molecule has 0 amide bonds. The van der Waals surface area contributed by atoms with Crippen molar-refractivity contribution in [3.8, 4) is 0 Å². The largest absolute Gasteiger partial charge is 0.457 e. The van der Waals surface area contributed by atoms with Crippen LogP contribution in [-0.4, -0.2) is 202 Å². The third-order valence-electron chi connectivity index (χ3n) is 14.4. The highest BCUT2D eigenvalue weighted by Crippen LogP contribution is 2.62. The molecule has 2 unspecified atom stereocenters. The van der Waals surface area contributed by atoms with Crippen LogP contribution in [-0.2, 0) is 61.9 Å². The first-order valence-corrected chi connectivity index (χ1v) is 23.3. The summed E-state index contributed by atoms with van der Waals surface area (Å²) in [6, 6.07) is 3.26. The molecule has 2 aliphatic carbocycles. The first kappa shape index (κ1) is 49.3. The third-order valence-corrected chi connectivity index (χ3v) is 14.4. The molecule has 0 aromatic carbocycles. The summed E-state index contributed by atoms with van der Waals surface area (Å²) < 4.78 is 47.8. The van der Waals surface area contributed by atoms with Crippen LogP contribution in [0.25, 0.3) is 0 Å². The number of cyclic esters (lactones) is 1. The van der Waals surface area contributed by atoms with Crippen LogP contribution in [0, 0.1) is 29.6 Å². The van der Waals surface area contributed by atoms with E-state index in [0.717, 1.165) is 52.4 Å². The number of nitrogens with zero attached hydrogens (tertiary/aromatic N) is 4. The van der Waals surface area contributed by atoms with Crippen LogP contribution in [0.5, 0.6) is 0 Å². The molecule has 1 aromatic heterocycles. The molecule has 1 saturated carbocycles. The Morgan fingerprint density at radius 2 is 1.50 bits per heavy atom. The molecule has 1 N–H and O–H groups in total. The van der Waals surface area contributed by atoms with Crippen molar-refractivity contribution >= 4 is 35.8 Å². The summed E-state index contributed by atoms with van der Waals surface area (Å²) in [4.78, 5) is 92.4. The minimum absolute atomic E-state index is 0.0123. The highest BCUT2D eigenvalue weighted by Gasteiger charge is 2.70. The average molecular weight is 926 g/mol. The molecule has 7 rings (SSSR count). The molecule has 12 atom stereocenters. The van der Waals surface area contributed by atoms with Crippen molar-refractivity contribution in [1.29, 1.82) is 0 Å². The van der Waals surface area contributed by atoms with E-state index < -0.39 is 108 Å². The molecule has 0 radical (unpaired) electrons. The van der Waals surface area contributed by atoms with Gasteiger partial charge < -0.3 is 57.6 Å². The minimum Gasteiger partial charge on any atom is -0.457 e. The highest BCUT2D eigenvalue weighted by atomic mass is 16.6. The third kappa shape index (κ3) is 10.7. The van der Waals surface area contributed by atoms with Crippen LogP contribution in [0.1, 0.15) is 51.0 Å². The number of hydrogen-bond donors (Lipinski definition) is 1. The predicted molar refractivity (Wildman–Crippen MR) is 234 cm³/mol. The number of esters is 6. The summed E-state index contributed by atoms with van der Waals surface area (Å²) in [7, 11) is 5.51. The lowest BCUT2D eigenvalue weighted by atomic mass is 9.57. The van der Waals surface area contributed by atoms with Gasteiger partial charge in [0.25, 0.3) is 0 Å². The second-order valence-corrected chi connectivity index (χ2v) is 18.7. The molecular weight excluding hydrogens is 859 g/mol. The molecule has 1 aromatic rings. The number of likely N-dealkylation sites (N-methyl/N-ethyl adjacent to an activating group) is 2. The zero-order chi connectivity index (χ0) is 47.3. The fourth-order valence-electron chi connectivity index (χ4n) is 10.7. The zero-order valence-electron chi connectivity index (χ0n) is 39.2. The average Bonchev–Trinajstić information content (AvgIpc) is 3.90. The van der Waals surface area contributed by atoms with Gasteiger partial charge in [-0.1, -0.05) is 32.1 Å². The Kier molecular flexibility index (Phi) is 16.1. The topological polar surface area (TPSA) is 205 Å². The maximum absolute atomic E-state index is 14.0. The van der Waals surface area contributed by atoms with Crippen molar-refractivity contribution in [2.24, 2.45) is 29.6 Å². The van der Waals surface area contributed by atoms with Crippen molar-refractivity contribution < 1.29 is 66.7 Å². The number of H-pyrrole nitrogens is 1. The van der Waals surface area contributed by atoms with Crippen molar-refractivity contribution in [1.82, 2.24) is 24.6 Å². The first-order chi connectivity index (χ1) is 31.6. The van der Waals surface area contributed by atoms with Gasteiger partial charge in [-0.2, -0.15) is 0 Å². The minimum atomic E-state index is -1.29. The summed E-state index contributed by atoms with van der Waals surface area (Å²) in [5.41, 5.74) is -0.391. The van der Waals surface area contributed by atoms with Crippen LogP contribution < -0.4 is 0 Å². The van der Waals surface area contributed by atoms with Gasteiger partial charge in [0.2, 0.25) is 0 Å². The quantitative estimate of drug-likeness (QED) is 0.0978. The number of piperazine rings is 2. The smallest absolute Gasteiger partial charge is 0.417 e. The number of methoxy groups -OCH3 is 1. The molecule has 66 heavy (non-hydrogen) atoms. The highest BCUT2D eigenvalue weighted by molar-refractivity contribution is 6.30. The number of hydrogen-bond acceptors (Lipinski definition) is 18. The van der Waals surface area contributed by atoms with E-state index in [0.29, 0.717) is 25.1 Å². The number of aromatic nitrogens is 1. The van der Waals surface area contributed by atoms with E-state index in [1.165, 1.54) is 14.0 Å². The van der Waals surface area contributed by atoms with E-state index in [2.05, 4.69) is 31.6 Å². The zero-order valence-corrected chi connectivity index (χ0v) is 39.2. The lowest BCUT2D eigenvalue weighted by Crippen LogP contribution is -2.58. The molecule has 19 heteroatoms. The van der Waals surface area contributed by atoms with Crippen molar-refractivity contribution in [3.63, 3.8) is 0 Å². The van der Waals surface area contributed by atoms with Gasteiger partial charge in [0.05, 0.1) is 6.61 Å². The molecule has 19 nitrogen and oxygen atoms in total. The Balaban J connectivity index is 1.12. The first-order valence-electron chi connectivity index (χ1n) is 23.3. The lowest BCUT2D eigenvalue weighted by Gasteiger charge is -2.49. The van der Waals surface area contributed by atoms with E-state index in [1.807, 2.05) is 32.2 Å². The monoisotopic (exact) mass is 925 g/mol. The number of rotatable bonds is 13. The molecule has 364 valence electrons. The molecule has 5 heterocycles. The number of ether oxygens (including phenoxy) is 8.